The van der Waals surface area contributed by atoms with Crippen molar-refractivity contribution in [3.05, 3.63) is 11.6 Å². The highest BCUT2D eigenvalue weighted by atomic mass is 15.3. The van der Waals surface area contributed by atoms with E-state index in [1.807, 2.05) is 0 Å². The Labute approximate surface area is 97.3 Å². The lowest BCUT2D eigenvalue weighted by Crippen LogP contribution is -2.12. The van der Waals surface area contributed by atoms with Crippen molar-refractivity contribution in [2.24, 2.45) is 0 Å². The van der Waals surface area contributed by atoms with Gasteiger partial charge in [-0.2, -0.15) is 0 Å². The van der Waals surface area contributed by atoms with Gasteiger partial charge in [-0.25, -0.2) is 0 Å². The number of rotatable bonds is 1. The van der Waals surface area contributed by atoms with Crippen molar-refractivity contribution in [1.82, 2.24) is 14.8 Å². The maximum Gasteiger partial charge on any atom is 0.136 e. The molecule has 3 nitrogen and oxygen atoms in total. The number of hydrogen-bond acceptors (Lipinski definition) is 2. The fourth-order valence-electron chi connectivity index (χ4n) is 3.17. The zero-order chi connectivity index (χ0) is 10.8. The van der Waals surface area contributed by atoms with Gasteiger partial charge >= 0.3 is 0 Å². The average Bonchev–Trinajstić information content (AvgIpc) is 2.86. The van der Waals surface area contributed by atoms with Crippen LogP contribution in [0.2, 0.25) is 0 Å². The summed E-state index contributed by atoms with van der Waals surface area (Å²) in [6, 6.07) is 0. The maximum atomic E-state index is 4.48. The molecule has 0 atom stereocenters. The van der Waals surface area contributed by atoms with Crippen molar-refractivity contribution >= 4 is 0 Å². The lowest BCUT2D eigenvalue weighted by atomic mass is 10.1. The van der Waals surface area contributed by atoms with Crippen LogP contribution >= 0.6 is 0 Å². The van der Waals surface area contributed by atoms with Crippen LogP contribution in [-0.2, 0) is 13.0 Å². The second kappa shape index (κ2) is 4.56. The quantitative estimate of drug-likeness (QED) is 0.726. The number of hydrogen-bond donors (Lipinski definition) is 0. The lowest BCUT2D eigenvalue weighted by molar-refractivity contribution is 0.489. The van der Waals surface area contributed by atoms with Gasteiger partial charge in [0.05, 0.1) is 0 Å². The molecule has 0 spiro atoms. The minimum atomic E-state index is 0.709. The van der Waals surface area contributed by atoms with E-state index in [1.165, 1.54) is 63.0 Å². The molecule has 1 aliphatic heterocycles. The molecule has 0 saturated heterocycles. The topological polar surface area (TPSA) is 30.7 Å². The Morgan fingerprint density at radius 1 is 0.875 bits per heavy atom. The highest BCUT2D eigenvalue weighted by Crippen LogP contribution is 2.33. The third kappa shape index (κ3) is 1.87. The van der Waals surface area contributed by atoms with E-state index in [4.69, 9.17) is 0 Å². The van der Waals surface area contributed by atoms with Gasteiger partial charge in [-0.1, -0.05) is 25.7 Å². The van der Waals surface area contributed by atoms with Crippen molar-refractivity contribution < 1.29 is 0 Å². The monoisotopic (exact) mass is 219 g/mol. The molecule has 0 aromatic carbocycles. The van der Waals surface area contributed by atoms with E-state index in [2.05, 4.69) is 14.8 Å². The van der Waals surface area contributed by atoms with Gasteiger partial charge in [-0.15, -0.1) is 10.2 Å². The fraction of sp³-hybridized carbons (Fsp3) is 0.846. The van der Waals surface area contributed by atoms with Crippen LogP contribution in [-0.4, -0.2) is 14.8 Å². The van der Waals surface area contributed by atoms with Crippen LogP contribution in [0, 0.1) is 0 Å². The molecule has 1 fully saturated rings. The summed E-state index contributed by atoms with van der Waals surface area (Å²) in [5, 5.41) is 8.89. The molecule has 2 aliphatic rings. The van der Waals surface area contributed by atoms with Crippen molar-refractivity contribution in [1.29, 1.82) is 0 Å². The number of aromatic nitrogens is 3. The van der Waals surface area contributed by atoms with E-state index < -0.39 is 0 Å². The van der Waals surface area contributed by atoms with Crippen molar-refractivity contribution in [3.63, 3.8) is 0 Å². The Morgan fingerprint density at radius 2 is 1.69 bits per heavy atom. The Morgan fingerprint density at radius 3 is 2.56 bits per heavy atom. The van der Waals surface area contributed by atoms with Crippen LogP contribution in [0.15, 0.2) is 0 Å². The van der Waals surface area contributed by atoms with Crippen molar-refractivity contribution in [2.75, 3.05) is 0 Å². The van der Waals surface area contributed by atoms with Crippen LogP contribution in [0.25, 0.3) is 0 Å². The molecular formula is C13H21N3. The lowest BCUT2D eigenvalue weighted by Gasteiger charge is -2.15. The van der Waals surface area contributed by atoms with E-state index in [0.717, 1.165) is 13.0 Å². The molecule has 16 heavy (non-hydrogen) atoms. The van der Waals surface area contributed by atoms with E-state index in [1.54, 1.807) is 0 Å². The summed E-state index contributed by atoms with van der Waals surface area (Å²) in [6.07, 6.45) is 11.9. The van der Waals surface area contributed by atoms with Gasteiger partial charge in [-0.3, -0.25) is 0 Å². The summed E-state index contributed by atoms with van der Waals surface area (Å²) in [4.78, 5) is 0. The number of nitrogens with zero attached hydrogens (tertiary/aromatic N) is 3. The Hall–Kier alpha value is -0.860. The third-order valence-electron chi connectivity index (χ3n) is 4.11. The van der Waals surface area contributed by atoms with Crippen LogP contribution in [0.1, 0.15) is 68.9 Å². The first kappa shape index (κ1) is 10.3. The van der Waals surface area contributed by atoms with Crippen molar-refractivity contribution in [3.8, 4) is 0 Å². The standard InChI is InChI=1S/C13H21N3/c1-2-6-10-16-12(9-3-1)14-15-13(16)11-7-4-5-8-11/h11H,1-10H2. The minimum Gasteiger partial charge on any atom is -0.315 e. The first-order valence-electron chi connectivity index (χ1n) is 6.87. The second-order valence-corrected chi connectivity index (χ2v) is 5.27. The summed E-state index contributed by atoms with van der Waals surface area (Å²) < 4.78 is 2.44. The van der Waals surface area contributed by atoms with E-state index >= 15 is 0 Å². The molecule has 3 rings (SSSR count). The van der Waals surface area contributed by atoms with Gasteiger partial charge in [0, 0.05) is 18.9 Å². The molecule has 0 N–H and O–H groups in total. The fourth-order valence-corrected chi connectivity index (χ4v) is 3.17. The third-order valence-corrected chi connectivity index (χ3v) is 4.11. The van der Waals surface area contributed by atoms with Crippen molar-refractivity contribution in [2.45, 2.75) is 70.3 Å². The first-order chi connectivity index (χ1) is 7.95. The molecule has 1 aliphatic carbocycles. The van der Waals surface area contributed by atoms with E-state index in [0.29, 0.717) is 5.92 Å². The normalized spacial score (nSPS) is 22.8. The van der Waals surface area contributed by atoms with E-state index in [9.17, 15) is 0 Å². The molecule has 3 heteroatoms. The molecular weight excluding hydrogens is 198 g/mol. The predicted octanol–water partition coefficient (Wildman–Crippen LogP) is 3.05. The molecule has 1 saturated carbocycles. The Bertz CT molecular complexity index is 350. The largest absolute Gasteiger partial charge is 0.315 e. The predicted molar refractivity (Wildman–Crippen MR) is 63.4 cm³/mol. The number of fused-ring (bicyclic) bond motifs is 1. The average molecular weight is 219 g/mol. The summed E-state index contributed by atoms with van der Waals surface area (Å²) in [5.41, 5.74) is 0. The van der Waals surface area contributed by atoms with Crippen LogP contribution in [0.4, 0.5) is 0 Å². The van der Waals surface area contributed by atoms with Gasteiger partial charge < -0.3 is 4.57 Å². The first-order valence-corrected chi connectivity index (χ1v) is 6.87. The Balaban J connectivity index is 1.87. The van der Waals surface area contributed by atoms with Crippen LogP contribution in [0.5, 0.6) is 0 Å². The van der Waals surface area contributed by atoms with Gasteiger partial charge in [0.25, 0.3) is 0 Å². The maximum absolute atomic E-state index is 4.48. The highest BCUT2D eigenvalue weighted by molar-refractivity contribution is 5.04. The van der Waals surface area contributed by atoms with Gasteiger partial charge in [-0.05, 0) is 25.7 Å². The van der Waals surface area contributed by atoms with E-state index in [-0.39, 0.29) is 0 Å². The van der Waals surface area contributed by atoms with Crippen LogP contribution in [0.3, 0.4) is 0 Å². The highest BCUT2D eigenvalue weighted by Gasteiger charge is 2.24. The zero-order valence-corrected chi connectivity index (χ0v) is 9.99. The SMILES string of the molecule is C1CCCn2c(nnc2C2CCCC2)CC1. The molecule has 0 unspecified atom stereocenters. The molecule has 0 radical (unpaired) electrons. The Kier molecular flexibility index (Phi) is 2.94. The zero-order valence-electron chi connectivity index (χ0n) is 9.99. The summed E-state index contributed by atoms with van der Waals surface area (Å²) in [6.45, 7) is 1.16. The molecule has 1 aromatic rings. The van der Waals surface area contributed by atoms with Gasteiger partial charge in [0.15, 0.2) is 0 Å². The molecule has 88 valence electrons. The van der Waals surface area contributed by atoms with Gasteiger partial charge in [0.2, 0.25) is 0 Å². The molecule has 0 bridgehead atoms. The second-order valence-electron chi connectivity index (χ2n) is 5.27. The van der Waals surface area contributed by atoms with Crippen LogP contribution < -0.4 is 0 Å². The minimum absolute atomic E-state index is 0.709. The van der Waals surface area contributed by atoms with Gasteiger partial charge in [0.1, 0.15) is 11.6 Å². The molecule has 0 amide bonds. The molecule has 1 aromatic heterocycles. The molecule has 2 heterocycles. The summed E-state index contributed by atoms with van der Waals surface area (Å²) in [5.74, 6) is 3.26. The summed E-state index contributed by atoms with van der Waals surface area (Å²) >= 11 is 0. The summed E-state index contributed by atoms with van der Waals surface area (Å²) in [7, 11) is 0. The number of aryl methyl sites for hydroxylation is 1. The smallest absolute Gasteiger partial charge is 0.136 e.